The second-order valence-electron chi connectivity index (χ2n) is 9.91. The number of carbonyl (C=O) groups excluding carboxylic acids is 2. The number of rotatable bonds is 8. The van der Waals surface area contributed by atoms with Gasteiger partial charge in [0.05, 0.1) is 18.8 Å². The minimum Gasteiger partial charge on any atom is -0.486 e. The molecule has 2 amide bonds. The summed E-state index contributed by atoms with van der Waals surface area (Å²) in [6.07, 6.45) is 4.39. The molecule has 7 nitrogen and oxygen atoms in total. The van der Waals surface area contributed by atoms with Crippen molar-refractivity contribution < 1.29 is 18.7 Å². The lowest BCUT2D eigenvalue weighted by molar-refractivity contribution is -0.134. The summed E-state index contributed by atoms with van der Waals surface area (Å²) in [4.78, 5) is 32.2. The number of ether oxygens (including phenoxy) is 1. The molecule has 1 unspecified atom stereocenters. The van der Waals surface area contributed by atoms with E-state index in [0.717, 1.165) is 42.7 Å². The lowest BCUT2D eigenvalue weighted by atomic mass is 9.87. The summed E-state index contributed by atoms with van der Waals surface area (Å²) in [6, 6.07) is 18.1. The maximum absolute atomic E-state index is 13.2. The number of carbonyl (C=O) groups is 2. The Bertz CT molecular complexity index is 1440. The molecule has 0 saturated heterocycles. The Balaban J connectivity index is 1.18. The molecule has 1 fully saturated rings. The SMILES string of the molecule is Cc1ccc(C2c3cc(OCc4nc(C(=O)NCc5ccco5)cs4)ccc3CCN2C(=O)C2CC2)cc1. The van der Waals surface area contributed by atoms with Crippen molar-refractivity contribution >= 4 is 23.2 Å². The van der Waals surface area contributed by atoms with Crippen LogP contribution in [0.15, 0.2) is 70.7 Å². The number of aromatic nitrogens is 1. The number of hydrogen-bond acceptors (Lipinski definition) is 6. The molecule has 0 spiro atoms. The van der Waals surface area contributed by atoms with E-state index < -0.39 is 0 Å². The Morgan fingerprint density at radius 1 is 1.16 bits per heavy atom. The monoisotopic (exact) mass is 527 g/mol. The molecule has 0 radical (unpaired) electrons. The Morgan fingerprint density at radius 3 is 2.76 bits per heavy atom. The number of nitrogens with zero attached hydrogens (tertiary/aromatic N) is 2. The van der Waals surface area contributed by atoms with E-state index in [4.69, 9.17) is 9.15 Å². The van der Waals surface area contributed by atoms with Crippen molar-refractivity contribution in [3.63, 3.8) is 0 Å². The van der Waals surface area contributed by atoms with Gasteiger partial charge in [0, 0.05) is 17.8 Å². The van der Waals surface area contributed by atoms with E-state index >= 15 is 0 Å². The number of fused-ring (bicyclic) bond motifs is 1. The number of furan rings is 1. The summed E-state index contributed by atoms with van der Waals surface area (Å²) < 4.78 is 11.4. The zero-order valence-corrected chi connectivity index (χ0v) is 22.0. The van der Waals surface area contributed by atoms with E-state index in [1.165, 1.54) is 22.5 Å². The molecule has 2 aromatic carbocycles. The Kier molecular flexibility index (Phi) is 6.72. The predicted octanol–water partition coefficient (Wildman–Crippen LogP) is 5.44. The number of aryl methyl sites for hydroxylation is 1. The fraction of sp³-hybridized carbons (Fsp3) is 0.300. The Morgan fingerprint density at radius 2 is 2.00 bits per heavy atom. The molecule has 1 aliphatic heterocycles. The third-order valence-corrected chi connectivity index (χ3v) is 7.92. The highest BCUT2D eigenvalue weighted by Gasteiger charge is 2.39. The summed E-state index contributed by atoms with van der Waals surface area (Å²) in [6.45, 7) is 3.37. The molecular weight excluding hydrogens is 498 g/mol. The highest BCUT2D eigenvalue weighted by molar-refractivity contribution is 7.09. The number of benzene rings is 2. The molecular formula is C30H29N3O4S. The summed E-state index contributed by atoms with van der Waals surface area (Å²) in [7, 11) is 0. The second-order valence-corrected chi connectivity index (χ2v) is 10.8. The summed E-state index contributed by atoms with van der Waals surface area (Å²) >= 11 is 1.39. The van der Waals surface area contributed by atoms with Gasteiger partial charge in [-0.2, -0.15) is 0 Å². The maximum atomic E-state index is 13.2. The zero-order chi connectivity index (χ0) is 26.1. The number of thiazole rings is 1. The Hall–Kier alpha value is -3.91. The van der Waals surface area contributed by atoms with Gasteiger partial charge >= 0.3 is 0 Å². The first-order valence-corrected chi connectivity index (χ1v) is 13.8. The number of nitrogens with one attached hydrogen (secondary N) is 1. The molecule has 194 valence electrons. The molecule has 1 aliphatic carbocycles. The van der Waals surface area contributed by atoms with Crippen LogP contribution >= 0.6 is 11.3 Å². The highest BCUT2D eigenvalue weighted by atomic mass is 32.1. The van der Waals surface area contributed by atoms with Crippen LogP contribution in [-0.2, 0) is 24.4 Å². The topological polar surface area (TPSA) is 84.7 Å². The maximum Gasteiger partial charge on any atom is 0.271 e. The summed E-state index contributed by atoms with van der Waals surface area (Å²) in [5.74, 6) is 1.58. The van der Waals surface area contributed by atoms with E-state index in [9.17, 15) is 9.59 Å². The highest BCUT2D eigenvalue weighted by Crippen LogP contribution is 2.41. The third kappa shape index (κ3) is 5.22. The largest absolute Gasteiger partial charge is 0.486 e. The van der Waals surface area contributed by atoms with Gasteiger partial charge in [0.1, 0.15) is 28.8 Å². The average Bonchev–Trinajstić information content (AvgIpc) is 3.44. The van der Waals surface area contributed by atoms with E-state index in [0.29, 0.717) is 23.0 Å². The van der Waals surface area contributed by atoms with Gasteiger partial charge in [0.2, 0.25) is 5.91 Å². The fourth-order valence-corrected chi connectivity index (χ4v) is 5.58. The van der Waals surface area contributed by atoms with Gasteiger partial charge in [-0.3, -0.25) is 9.59 Å². The molecule has 6 rings (SSSR count). The minimum absolute atomic E-state index is 0.125. The smallest absolute Gasteiger partial charge is 0.271 e. The van der Waals surface area contributed by atoms with Crippen molar-refractivity contribution in [2.45, 2.75) is 45.4 Å². The van der Waals surface area contributed by atoms with E-state index in [2.05, 4.69) is 58.5 Å². The first kappa shape index (κ1) is 24.4. The van der Waals surface area contributed by atoms with E-state index in [1.54, 1.807) is 17.7 Å². The number of hydrogen-bond donors (Lipinski definition) is 1. The van der Waals surface area contributed by atoms with E-state index in [1.807, 2.05) is 12.1 Å². The van der Waals surface area contributed by atoms with Crippen LogP contribution in [0.3, 0.4) is 0 Å². The van der Waals surface area contributed by atoms with Crippen LogP contribution in [0.1, 0.15) is 62.4 Å². The van der Waals surface area contributed by atoms with Gasteiger partial charge in [-0.25, -0.2) is 4.98 Å². The van der Waals surface area contributed by atoms with Gasteiger partial charge in [0.25, 0.3) is 5.91 Å². The third-order valence-electron chi connectivity index (χ3n) is 7.10. The van der Waals surface area contributed by atoms with Gasteiger partial charge in [0.15, 0.2) is 0 Å². The van der Waals surface area contributed by atoms with Gasteiger partial charge < -0.3 is 19.4 Å². The van der Waals surface area contributed by atoms with Crippen LogP contribution < -0.4 is 10.1 Å². The van der Waals surface area contributed by atoms with Gasteiger partial charge in [-0.05, 0) is 67.1 Å². The van der Waals surface area contributed by atoms with Crippen LogP contribution in [0.25, 0.3) is 0 Å². The van der Waals surface area contributed by atoms with Crippen LogP contribution in [0.4, 0.5) is 0 Å². The number of amides is 2. The quantitative estimate of drug-likeness (QED) is 0.330. The van der Waals surface area contributed by atoms with Crippen molar-refractivity contribution in [1.82, 2.24) is 15.2 Å². The van der Waals surface area contributed by atoms with Crippen molar-refractivity contribution in [3.05, 3.63) is 105 Å². The standard InChI is InChI=1S/C30H29N3O4S/c1-19-4-6-21(7-5-19)28-25-15-23(11-10-20(25)12-13-33(28)30(35)22-8-9-22)37-17-27-32-26(18-38-27)29(34)31-16-24-3-2-14-36-24/h2-7,10-11,14-15,18,22,28H,8-9,12-13,16-17H2,1H3,(H,31,34). The van der Waals surface area contributed by atoms with Crippen molar-refractivity contribution in [2.24, 2.45) is 5.92 Å². The molecule has 3 heterocycles. The molecule has 1 saturated carbocycles. The van der Waals surface area contributed by atoms with Crippen LogP contribution in [0.2, 0.25) is 0 Å². The molecule has 2 aliphatic rings. The van der Waals surface area contributed by atoms with E-state index in [-0.39, 0.29) is 30.4 Å². The van der Waals surface area contributed by atoms with Gasteiger partial charge in [-0.15, -0.1) is 11.3 Å². The molecule has 1 N–H and O–H groups in total. The van der Waals surface area contributed by atoms with Crippen molar-refractivity contribution in [3.8, 4) is 5.75 Å². The molecule has 38 heavy (non-hydrogen) atoms. The van der Waals surface area contributed by atoms with Crippen molar-refractivity contribution in [1.29, 1.82) is 0 Å². The molecule has 4 aromatic rings. The Labute approximate surface area is 225 Å². The lowest BCUT2D eigenvalue weighted by Gasteiger charge is -2.38. The molecule has 1 atom stereocenters. The predicted molar refractivity (Wildman–Crippen MR) is 144 cm³/mol. The normalized spacial score (nSPS) is 16.7. The first-order valence-electron chi connectivity index (χ1n) is 12.9. The molecule has 2 aromatic heterocycles. The summed E-state index contributed by atoms with van der Waals surface area (Å²) in [5.41, 5.74) is 5.03. The van der Waals surface area contributed by atoms with Gasteiger partial charge in [-0.1, -0.05) is 35.9 Å². The average molecular weight is 528 g/mol. The van der Waals surface area contributed by atoms with Crippen LogP contribution in [-0.4, -0.2) is 28.2 Å². The summed E-state index contributed by atoms with van der Waals surface area (Å²) in [5, 5.41) is 5.26. The second kappa shape index (κ2) is 10.5. The first-order chi connectivity index (χ1) is 18.5. The van der Waals surface area contributed by atoms with Crippen LogP contribution in [0.5, 0.6) is 5.75 Å². The lowest BCUT2D eigenvalue weighted by Crippen LogP contribution is -2.41. The van der Waals surface area contributed by atoms with Crippen molar-refractivity contribution in [2.75, 3.05) is 6.54 Å². The zero-order valence-electron chi connectivity index (χ0n) is 21.2. The van der Waals surface area contributed by atoms with Crippen LogP contribution in [0, 0.1) is 12.8 Å². The minimum atomic E-state index is -0.251. The molecule has 8 heteroatoms. The fourth-order valence-electron chi connectivity index (χ4n) is 4.89. The molecule has 0 bridgehead atoms.